The van der Waals surface area contributed by atoms with E-state index in [-0.39, 0.29) is 5.91 Å². The molecular formula is C31H34N2O2. The number of carbonyl (C=O) groups is 1. The molecule has 0 heterocycles. The first-order chi connectivity index (χ1) is 17.0. The second kappa shape index (κ2) is 11.2. The van der Waals surface area contributed by atoms with Gasteiger partial charge in [-0.1, -0.05) is 68.4 Å². The molecule has 35 heavy (non-hydrogen) atoms. The third kappa shape index (κ3) is 5.72. The van der Waals surface area contributed by atoms with E-state index < -0.39 is 0 Å². The zero-order valence-corrected chi connectivity index (χ0v) is 21.1. The Morgan fingerprint density at radius 2 is 1.46 bits per heavy atom. The summed E-state index contributed by atoms with van der Waals surface area (Å²) in [5.74, 6) is 0.845. The highest BCUT2D eigenvalue weighted by atomic mass is 16.5. The Hall–Kier alpha value is -3.63. The molecule has 1 amide bonds. The molecule has 0 unspecified atom stereocenters. The van der Waals surface area contributed by atoms with Crippen molar-refractivity contribution in [3.63, 3.8) is 0 Å². The van der Waals surface area contributed by atoms with E-state index in [1.165, 1.54) is 16.3 Å². The van der Waals surface area contributed by atoms with Gasteiger partial charge in [0.1, 0.15) is 5.75 Å². The van der Waals surface area contributed by atoms with Crippen molar-refractivity contribution < 1.29 is 9.53 Å². The summed E-state index contributed by atoms with van der Waals surface area (Å²) in [6.45, 7) is 8.00. The Labute approximate surface area is 208 Å². The van der Waals surface area contributed by atoms with E-state index >= 15 is 0 Å². The number of benzene rings is 4. The zero-order valence-electron chi connectivity index (χ0n) is 21.1. The smallest absolute Gasteiger partial charge is 0.253 e. The summed E-state index contributed by atoms with van der Waals surface area (Å²) in [7, 11) is 3.53. The second-order valence-electron chi connectivity index (χ2n) is 8.90. The predicted octanol–water partition coefficient (Wildman–Crippen LogP) is 6.63. The van der Waals surface area contributed by atoms with E-state index in [0.29, 0.717) is 12.1 Å². The van der Waals surface area contributed by atoms with Gasteiger partial charge in [0, 0.05) is 25.7 Å². The van der Waals surface area contributed by atoms with Gasteiger partial charge in [-0.15, -0.1) is 0 Å². The first-order valence-corrected chi connectivity index (χ1v) is 12.2. The fraction of sp³-hybridized carbons (Fsp3) is 0.258. The van der Waals surface area contributed by atoms with E-state index in [9.17, 15) is 4.79 Å². The first-order valence-electron chi connectivity index (χ1n) is 12.2. The summed E-state index contributed by atoms with van der Waals surface area (Å²) in [6, 6.07) is 28.8. The highest BCUT2D eigenvalue weighted by molar-refractivity contribution is 5.95. The molecule has 0 N–H and O–H groups in total. The molecule has 0 saturated heterocycles. The lowest BCUT2D eigenvalue weighted by Gasteiger charge is -2.20. The lowest BCUT2D eigenvalue weighted by atomic mass is 10.0. The second-order valence-corrected chi connectivity index (χ2v) is 8.90. The monoisotopic (exact) mass is 466 g/mol. The van der Waals surface area contributed by atoms with Gasteiger partial charge in [0.15, 0.2) is 0 Å². The fourth-order valence-electron chi connectivity index (χ4n) is 4.48. The zero-order chi connectivity index (χ0) is 24.8. The third-order valence-electron chi connectivity index (χ3n) is 6.65. The largest absolute Gasteiger partial charge is 0.497 e. The maximum absolute atomic E-state index is 13.2. The van der Waals surface area contributed by atoms with Crippen LogP contribution in [0.1, 0.15) is 35.3 Å². The standard InChI is InChI=1S/C31H34N2O2/c1-5-33(6-2)21-23-10-19-30-27(20-23)8-7-9-28(30)22-32(3)31(34)26-13-11-24(12-14-26)25-15-17-29(35-4)18-16-25/h7-20H,5-6,21-22H2,1-4H3. The average Bonchev–Trinajstić information content (AvgIpc) is 2.91. The van der Waals surface area contributed by atoms with Crippen LogP contribution in [0.2, 0.25) is 0 Å². The van der Waals surface area contributed by atoms with Crippen LogP contribution < -0.4 is 4.74 Å². The van der Waals surface area contributed by atoms with Crippen molar-refractivity contribution >= 4 is 16.7 Å². The number of nitrogens with zero attached hydrogens (tertiary/aromatic N) is 2. The predicted molar refractivity (Wildman–Crippen MR) is 145 cm³/mol. The number of hydrogen-bond donors (Lipinski definition) is 0. The summed E-state index contributed by atoms with van der Waals surface area (Å²) < 4.78 is 5.24. The maximum Gasteiger partial charge on any atom is 0.253 e. The summed E-state index contributed by atoms with van der Waals surface area (Å²) in [4.78, 5) is 17.4. The van der Waals surface area contributed by atoms with Gasteiger partial charge >= 0.3 is 0 Å². The van der Waals surface area contributed by atoms with E-state index in [2.05, 4.69) is 55.1 Å². The lowest BCUT2D eigenvalue weighted by Crippen LogP contribution is -2.26. The molecule has 0 bridgehead atoms. The van der Waals surface area contributed by atoms with Crippen molar-refractivity contribution in [1.29, 1.82) is 0 Å². The molecule has 0 fully saturated rings. The van der Waals surface area contributed by atoms with Crippen LogP contribution in [0.25, 0.3) is 21.9 Å². The molecule has 0 atom stereocenters. The molecule has 0 aliphatic heterocycles. The Balaban J connectivity index is 1.48. The van der Waals surface area contributed by atoms with Crippen molar-refractivity contribution in [2.75, 3.05) is 27.2 Å². The maximum atomic E-state index is 13.2. The van der Waals surface area contributed by atoms with E-state index in [1.807, 2.05) is 55.6 Å². The molecule has 4 aromatic carbocycles. The molecular weight excluding hydrogens is 432 g/mol. The minimum atomic E-state index is 0.0152. The third-order valence-corrected chi connectivity index (χ3v) is 6.65. The van der Waals surface area contributed by atoms with Crippen LogP contribution in [0, 0.1) is 0 Å². The normalized spacial score (nSPS) is 11.1. The molecule has 4 aromatic rings. The first kappa shape index (κ1) is 24.5. The molecule has 0 saturated carbocycles. The number of methoxy groups -OCH3 is 1. The fourth-order valence-corrected chi connectivity index (χ4v) is 4.48. The number of ether oxygens (including phenoxy) is 1. The molecule has 4 nitrogen and oxygen atoms in total. The van der Waals surface area contributed by atoms with Crippen LogP contribution >= 0.6 is 0 Å². The highest BCUT2D eigenvalue weighted by Crippen LogP contribution is 2.25. The topological polar surface area (TPSA) is 32.8 Å². The number of hydrogen-bond acceptors (Lipinski definition) is 3. The van der Waals surface area contributed by atoms with Gasteiger partial charge in [-0.2, -0.15) is 0 Å². The molecule has 0 aliphatic rings. The molecule has 180 valence electrons. The van der Waals surface area contributed by atoms with Crippen molar-refractivity contribution in [3.05, 3.63) is 102 Å². The van der Waals surface area contributed by atoms with Crippen LogP contribution in [-0.2, 0) is 13.1 Å². The molecule has 0 aromatic heterocycles. The Morgan fingerprint density at radius 1 is 0.800 bits per heavy atom. The SMILES string of the molecule is CCN(CC)Cc1ccc2c(CN(C)C(=O)c3ccc(-c4ccc(OC)cc4)cc3)cccc2c1. The molecule has 0 radical (unpaired) electrons. The van der Waals surface area contributed by atoms with Crippen LogP contribution in [0.3, 0.4) is 0 Å². The summed E-state index contributed by atoms with van der Waals surface area (Å²) in [5.41, 5.74) is 5.32. The average molecular weight is 467 g/mol. The van der Waals surface area contributed by atoms with Crippen molar-refractivity contribution in [2.45, 2.75) is 26.9 Å². The Bertz CT molecular complexity index is 1280. The van der Waals surface area contributed by atoms with Gasteiger partial charge < -0.3 is 9.64 Å². The highest BCUT2D eigenvalue weighted by Gasteiger charge is 2.14. The van der Waals surface area contributed by atoms with Crippen LogP contribution in [0.5, 0.6) is 5.75 Å². The molecule has 4 heteroatoms. The Morgan fingerprint density at radius 3 is 2.09 bits per heavy atom. The summed E-state index contributed by atoms with van der Waals surface area (Å²) in [5, 5.41) is 2.42. The Kier molecular flexibility index (Phi) is 7.84. The molecule has 4 rings (SSSR count). The number of fused-ring (bicyclic) bond motifs is 1. The van der Waals surface area contributed by atoms with Gasteiger partial charge in [-0.05, 0) is 76.4 Å². The van der Waals surface area contributed by atoms with Gasteiger partial charge in [0.25, 0.3) is 5.91 Å². The van der Waals surface area contributed by atoms with Crippen molar-refractivity contribution in [2.24, 2.45) is 0 Å². The van der Waals surface area contributed by atoms with Crippen molar-refractivity contribution in [3.8, 4) is 16.9 Å². The van der Waals surface area contributed by atoms with Crippen LogP contribution in [0.15, 0.2) is 84.9 Å². The van der Waals surface area contributed by atoms with Gasteiger partial charge in [-0.3, -0.25) is 9.69 Å². The van der Waals surface area contributed by atoms with Gasteiger partial charge in [-0.25, -0.2) is 0 Å². The minimum Gasteiger partial charge on any atom is -0.497 e. The summed E-state index contributed by atoms with van der Waals surface area (Å²) in [6.07, 6.45) is 0. The molecule has 0 aliphatic carbocycles. The van der Waals surface area contributed by atoms with E-state index in [1.54, 1.807) is 12.0 Å². The van der Waals surface area contributed by atoms with E-state index in [0.717, 1.165) is 42.1 Å². The van der Waals surface area contributed by atoms with Crippen molar-refractivity contribution in [1.82, 2.24) is 9.80 Å². The molecule has 0 spiro atoms. The van der Waals surface area contributed by atoms with Gasteiger partial charge in [0.05, 0.1) is 7.11 Å². The van der Waals surface area contributed by atoms with Crippen LogP contribution in [0.4, 0.5) is 0 Å². The number of amides is 1. The summed E-state index contributed by atoms with van der Waals surface area (Å²) >= 11 is 0. The van der Waals surface area contributed by atoms with Gasteiger partial charge in [0.2, 0.25) is 0 Å². The minimum absolute atomic E-state index is 0.0152. The lowest BCUT2D eigenvalue weighted by molar-refractivity contribution is 0.0785. The van der Waals surface area contributed by atoms with Crippen LogP contribution in [-0.4, -0.2) is 43.0 Å². The number of carbonyl (C=O) groups excluding carboxylic acids is 1. The quantitative estimate of drug-likeness (QED) is 0.278. The van der Waals surface area contributed by atoms with E-state index in [4.69, 9.17) is 4.74 Å². The number of rotatable bonds is 9.